The van der Waals surface area contributed by atoms with Crippen molar-refractivity contribution in [1.82, 2.24) is 4.98 Å². The molecule has 0 spiro atoms. The van der Waals surface area contributed by atoms with E-state index in [1.807, 2.05) is 65.1 Å². The molecular formula is C28H28IrNO2S-. The topological polar surface area (TPSA) is 50.2 Å². The van der Waals surface area contributed by atoms with Gasteiger partial charge in [-0.25, -0.2) is 0 Å². The Hall–Kier alpha value is -2.33. The normalized spacial score (nSPS) is 12.7. The minimum atomic E-state index is -0.417. The monoisotopic (exact) mass is 635 g/mol. The van der Waals surface area contributed by atoms with Crippen LogP contribution in [0.15, 0.2) is 60.5 Å². The first-order valence-corrected chi connectivity index (χ1v) is 11.6. The Morgan fingerprint density at radius 1 is 0.939 bits per heavy atom. The van der Waals surface area contributed by atoms with Crippen molar-refractivity contribution in [1.29, 1.82) is 0 Å². The fraction of sp³-hybridized carbons (Fsp3) is 0.286. The molecule has 1 radical (unpaired) electrons. The first kappa shape index (κ1) is 25.3. The summed E-state index contributed by atoms with van der Waals surface area (Å²) in [5, 5.41) is 15.9. The molecule has 5 heteroatoms. The number of hydrogen-bond acceptors (Lipinski definition) is 4. The summed E-state index contributed by atoms with van der Waals surface area (Å²) in [4.78, 5) is 16.1. The number of hydrogen-bond donors (Lipinski definition) is 1. The number of ketones is 1. The number of allylic oxidation sites excluding steroid dienone is 2. The third-order valence-corrected chi connectivity index (χ3v) is 6.69. The average molecular weight is 635 g/mol. The van der Waals surface area contributed by atoms with Gasteiger partial charge >= 0.3 is 0 Å². The van der Waals surface area contributed by atoms with E-state index < -0.39 is 5.41 Å². The van der Waals surface area contributed by atoms with Gasteiger partial charge in [0.05, 0.1) is 0 Å². The fourth-order valence-corrected chi connectivity index (χ4v) is 4.72. The third-order valence-electron chi connectivity index (χ3n) is 5.57. The van der Waals surface area contributed by atoms with Crippen molar-refractivity contribution in [3.63, 3.8) is 0 Å². The van der Waals surface area contributed by atoms with Gasteiger partial charge in [0.1, 0.15) is 5.76 Å². The van der Waals surface area contributed by atoms with Crippen LogP contribution >= 0.6 is 11.3 Å². The Morgan fingerprint density at radius 3 is 2.27 bits per heavy atom. The summed E-state index contributed by atoms with van der Waals surface area (Å²) >= 11 is 1.85. The molecule has 0 aliphatic rings. The Labute approximate surface area is 212 Å². The van der Waals surface area contributed by atoms with Crippen LogP contribution in [-0.2, 0) is 24.9 Å². The van der Waals surface area contributed by atoms with Gasteiger partial charge in [-0.2, -0.15) is 0 Å². The molecule has 33 heavy (non-hydrogen) atoms. The van der Waals surface area contributed by atoms with Crippen LogP contribution in [0, 0.1) is 16.9 Å². The Bertz CT molecular complexity index is 1380. The third kappa shape index (κ3) is 4.82. The van der Waals surface area contributed by atoms with Gasteiger partial charge in [0.2, 0.25) is 0 Å². The molecule has 0 amide bonds. The van der Waals surface area contributed by atoms with E-state index in [1.165, 1.54) is 37.0 Å². The van der Waals surface area contributed by atoms with Crippen LogP contribution in [0.25, 0.3) is 41.8 Å². The average Bonchev–Trinajstić information content (AvgIpc) is 3.12. The van der Waals surface area contributed by atoms with Crippen molar-refractivity contribution in [2.45, 2.75) is 41.5 Å². The van der Waals surface area contributed by atoms with Gasteiger partial charge in [-0.05, 0) is 28.4 Å². The number of benzene rings is 3. The van der Waals surface area contributed by atoms with Gasteiger partial charge in [0.25, 0.3) is 0 Å². The molecule has 0 unspecified atom stereocenters. The van der Waals surface area contributed by atoms with E-state index in [1.54, 1.807) is 0 Å². The van der Waals surface area contributed by atoms with E-state index in [-0.39, 0.29) is 37.1 Å². The van der Waals surface area contributed by atoms with Crippen molar-refractivity contribution in [3.8, 4) is 0 Å². The zero-order valence-corrected chi connectivity index (χ0v) is 23.0. The second-order valence-corrected chi connectivity index (χ2v) is 11.2. The molecule has 5 rings (SSSR count). The standard InChI is InChI=1S/C17H8NS.C11H20O2.Ir/c1-2-5-12-10(4-1)11-6-3-7-13-15(11)16-14(19-13)8-9-18-17(12)16;1-10(2,3)8(12)7-9(13)11(4,5)6;/h1-4,6-9H;7,12H,1-6H3;/q-1;;/b;8-7-;. The molecule has 3 aromatic carbocycles. The molecule has 0 aliphatic carbocycles. The number of fused-ring (bicyclic) bond motifs is 3. The van der Waals surface area contributed by atoms with Gasteiger partial charge in [0.15, 0.2) is 5.78 Å². The molecule has 5 aromatic rings. The first-order valence-electron chi connectivity index (χ1n) is 10.8. The zero-order valence-electron chi connectivity index (χ0n) is 19.7. The molecule has 0 saturated carbocycles. The number of carbonyl (C=O) groups excluding carboxylic acids is 1. The Kier molecular flexibility index (Phi) is 7.00. The number of aliphatic hydroxyl groups excluding tert-OH is 1. The van der Waals surface area contributed by atoms with E-state index in [2.05, 4.69) is 47.4 Å². The molecule has 2 aromatic heterocycles. The van der Waals surface area contributed by atoms with Crippen LogP contribution in [0.2, 0.25) is 0 Å². The SMILES string of the molecule is CC(C)(C)C(=O)/C=C(\O)C(C)(C)C.[Ir].[c-]1cccc2c1c1nccc3sc4cccc2c4c31. The molecule has 1 N–H and O–H groups in total. The molecule has 0 aliphatic heterocycles. The summed E-state index contributed by atoms with van der Waals surface area (Å²) in [5.41, 5.74) is 0.318. The predicted molar refractivity (Wildman–Crippen MR) is 137 cm³/mol. The van der Waals surface area contributed by atoms with E-state index in [4.69, 9.17) is 0 Å². The maximum absolute atomic E-state index is 11.5. The maximum Gasteiger partial charge on any atom is 0.164 e. The van der Waals surface area contributed by atoms with Crippen molar-refractivity contribution in [2.24, 2.45) is 10.8 Å². The van der Waals surface area contributed by atoms with E-state index in [0.717, 1.165) is 10.9 Å². The summed E-state index contributed by atoms with van der Waals surface area (Å²) < 4.78 is 2.66. The largest absolute Gasteiger partial charge is 0.512 e. The quantitative estimate of drug-likeness (QED) is 0.0878. The number of nitrogens with zero attached hydrogens (tertiary/aromatic N) is 1. The van der Waals surface area contributed by atoms with Crippen LogP contribution in [-0.4, -0.2) is 15.9 Å². The zero-order chi connectivity index (χ0) is 23.3. The van der Waals surface area contributed by atoms with E-state index in [9.17, 15) is 9.90 Å². The van der Waals surface area contributed by atoms with Crippen LogP contribution in [0.5, 0.6) is 0 Å². The first-order chi connectivity index (χ1) is 15.0. The van der Waals surface area contributed by atoms with Crippen molar-refractivity contribution < 1.29 is 30.0 Å². The summed E-state index contributed by atoms with van der Waals surface area (Å²) in [6, 6.07) is 18.2. The van der Waals surface area contributed by atoms with Crippen molar-refractivity contribution >= 4 is 59.0 Å². The van der Waals surface area contributed by atoms with Gasteiger partial charge in [0, 0.05) is 52.6 Å². The minimum Gasteiger partial charge on any atom is -0.512 e. The van der Waals surface area contributed by atoms with Crippen LogP contribution in [0.1, 0.15) is 41.5 Å². The molecule has 2 heterocycles. The fourth-order valence-electron chi connectivity index (χ4n) is 3.59. The van der Waals surface area contributed by atoms with Crippen molar-refractivity contribution in [3.05, 3.63) is 66.6 Å². The van der Waals surface area contributed by atoms with E-state index >= 15 is 0 Å². The number of thiophene rings is 1. The molecule has 3 nitrogen and oxygen atoms in total. The number of pyridine rings is 1. The molecule has 0 fully saturated rings. The molecule has 0 saturated heterocycles. The van der Waals surface area contributed by atoms with Gasteiger partial charge in [-0.15, -0.1) is 41.0 Å². The van der Waals surface area contributed by atoms with Gasteiger partial charge < -0.3 is 10.1 Å². The number of carbonyl (C=O) groups is 1. The number of rotatable bonds is 1. The molecule has 0 atom stereocenters. The number of aromatic nitrogens is 1. The van der Waals surface area contributed by atoms with Gasteiger partial charge in [-0.3, -0.25) is 4.79 Å². The Balaban J connectivity index is 0.000000196. The summed E-state index contributed by atoms with van der Waals surface area (Å²) in [6.07, 6.45) is 3.24. The summed E-state index contributed by atoms with van der Waals surface area (Å²) in [5.74, 6) is 0.104. The second kappa shape index (κ2) is 9.13. The second-order valence-electron chi connectivity index (χ2n) is 10.2. The van der Waals surface area contributed by atoms with Crippen molar-refractivity contribution in [2.75, 3.05) is 0 Å². The Morgan fingerprint density at radius 2 is 1.61 bits per heavy atom. The maximum atomic E-state index is 11.5. The predicted octanol–water partition coefficient (Wildman–Crippen LogP) is 8.08. The van der Waals surface area contributed by atoms with Crippen LogP contribution < -0.4 is 0 Å². The summed E-state index contributed by atoms with van der Waals surface area (Å²) in [7, 11) is 0. The van der Waals surface area contributed by atoms with Crippen LogP contribution in [0.4, 0.5) is 0 Å². The molecule has 0 bridgehead atoms. The van der Waals surface area contributed by atoms with Gasteiger partial charge in [-0.1, -0.05) is 64.4 Å². The number of aliphatic hydroxyl groups is 1. The smallest absolute Gasteiger partial charge is 0.164 e. The van der Waals surface area contributed by atoms with Crippen LogP contribution in [0.3, 0.4) is 0 Å². The molecule has 173 valence electrons. The summed E-state index contributed by atoms with van der Waals surface area (Å²) in [6.45, 7) is 11.1. The molecular weight excluding hydrogens is 607 g/mol. The minimum absolute atomic E-state index is 0. The van der Waals surface area contributed by atoms with E-state index in [0.29, 0.717) is 0 Å².